The molecule has 0 unspecified atom stereocenters. The Hall–Kier alpha value is -2.76. The molecule has 0 atom stereocenters. The van der Waals surface area contributed by atoms with Crippen LogP contribution in [-0.4, -0.2) is 32.4 Å². The lowest BCUT2D eigenvalue weighted by Gasteiger charge is -2.20. The van der Waals surface area contributed by atoms with E-state index >= 15 is 0 Å². The molecule has 1 fully saturated rings. The summed E-state index contributed by atoms with van der Waals surface area (Å²) in [7, 11) is -3.99. The Morgan fingerprint density at radius 1 is 1.00 bits per heavy atom. The predicted octanol–water partition coefficient (Wildman–Crippen LogP) is 4.42. The van der Waals surface area contributed by atoms with E-state index in [0.29, 0.717) is 11.4 Å². The Morgan fingerprint density at radius 3 is 2.24 bits per heavy atom. The summed E-state index contributed by atoms with van der Waals surface area (Å²) in [5.74, 6) is 0. The van der Waals surface area contributed by atoms with Gasteiger partial charge in [-0.05, 0) is 55.3 Å². The first-order valence-corrected chi connectivity index (χ1v) is 11.1. The lowest BCUT2D eigenvalue weighted by molar-refractivity contribution is 0.214. The van der Waals surface area contributed by atoms with Crippen LogP contribution in [0, 0.1) is 11.3 Å². The van der Waals surface area contributed by atoms with Crippen molar-refractivity contribution in [3.63, 3.8) is 0 Å². The van der Waals surface area contributed by atoms with E-state index < -0.39 is 10.0 Å². The molecule has 0 aliphatic carbocycles. The number of nitrogens with zero attached hydrogens (tertiary/aromatic N) is 2. The maximum Gasteiger partial charge on any atom is 0.321 e. The minimum atomic E-state index is -3.99. The molecule has 152 valence electrons. The number of sulfonamides is 1. The zero-order chi connectivity index (χ0) is 20.9. The van der Waals surface area contributed by atoms with E-state index in [1.54, 1.807) is 29.2 Å². The van der Waals surface area contributed by atoms with Crippen molar-refractivity contribution >= 4 is 39.0 Å². The molecular formula is C20H21ClN4O3S. The van der Waals surface area contributed by atoms with Gasteiger partial charge in [-0.15, -0.1) is 0 Å². The number of carbonyl (C=O) groups excluding carboxylic acids is 1. The van der Waals surface area contributed by atoms with Crippen LogP contribution in [0.5, 0.6) is 0 Å². The third-order valence-corrected chi connectivity index (χ3v) is 6.29. The molecule has 0 saturated carbocycles. The van der Waals surface area contributed by atoms with Crippen molar-refractivity contribution in [1.29, 1.82) is 5.26 Å². The molecule has 0 bridgehead atoms. The third kappa shape index (κ3) is 5.40. The maximum absolute atomic E-state index is 12.6. The number of nitriles is 1. The summed E-state index contributed by atoms with van der Waals surface area (Å²) >= 11 is 5.88. The highest BCUT2D eigenvalue weighted by Crippen LogP contribution is 2.24. The highest BCUT2D eigenvalue weighted by Gasteiger charge is 2.20. The highest BCUT2D eigenvalue weighted by atomic mass is 35.5. The zero-order valence-corrected chi connectivity index (χ0v) is 17.3. The summed E-state index contributed by atoms with van der Waals surface area (Å²) in [4.78, 5) is 14.0. The largest absolute Gasteiger partial charge is 0.325 e. The molecule has 0 aromatic heterocycles. The first-order valence-electron chi connectivity index (χ1n) is 9.27. The van der Waals surface area contributed by atoms with Crippen molar-refractivity contribution in [2.75, 3.05) is 23.1 Å². The van der Waals surface area contributed by atoms with Crippen molar-refractivity contribution in [3.05, 3.63) is 53.1 Å². The Balaban J connectivity index is 1.70. The topological polar surface area (TPSA) is 102 Å². The van der Waals surface area contributed by atoms with Crippen molar-refractivity contribution in [3.8, 4) is 6.07 Å². The smallest absolute Gasteiger partial charge is 0.321 e. The number of halogens is 1. The van der Waals surface area contributed by atoms with E-state index in [9.17, 15) is 13.2 Å². The number of anilines is 2. The molecule has 2 aromatic rings. The van der Waals surface area contributed by atoms with Crippen LogP contribution in [0.4, 0.5) is 16.2 Å². The van der Waals surface area contributed by atoms with Gasteiger partial charge in [-0.1, -0.05) is 24.4 Å². The van der Waals surface area contributed by atoms with Crippen LogP contribution in [0.3, 0.4) is 0 Å². The lowest BCUT2D eigenvalue weighted by Crippen LogP contribution is -2.35. The molecule has 1 saturated heterocycles. The summed E-state index contributed by atoms with van der Waals surface area (Å²) in [6.45, 7) is 1.48. The van der Waals surface area contributed by atoms with E-state index in [1.807, 2.05) is 6.07 Å². The van der Waals surface area contributed by atoms with Crippen LogP contribution < -0.4 is 10.0 Å². The second-order valence-electron chi connectivity index (χ2n) is 6.77. The lowest BCUT2D eigenvalue weighted by atomic mass is 10.2. The zero-order valence-electron chi connectivity index (χ0n) is 15.7. The van der Waals surface area contributed by atoms with Gasteiger partial charge in [0.15, 0.2) is 0 Å². The number of hydrogen-bond acceptors (Lipinski definition) is 4. The predicted molar refractivity (Wildman–Crippen MR) is 112 cm³/mol. The van der Waals surface area contributed by atoms with Gasteiger partial charge in [-0.25, -0.2) is 13.2 Å². The Bertz CT molecular complexity index is 1020. The van der Waals surface area contributed by atoms with E-state index in [0.717, 1.165) is 38.8 Å². The van der Waals surface area contributed by atoms with Crippen LogP contribution in [0.1, 0.15) is 31.2 Å². The highest BCUT2D eigenvalue weighted by molar-refractivity contribution is 7.92. The quantitative estimate of drug-likeness (QED) is 0.746. The van der Waals surface area contributed by atoms with Crippen molar-refractivity contribution in [2.24, 2.45) is 0 Å². The van der Waals surface area contributed by atoms with Crippen molar-refractivity contribution in [1.82, 2.24) is 4.90 Å². The fourth-order valence-electron chi connectivity index (χ4n) is 3.12. The van der Waals surface area contributed by atoms with Gasteiger partial charge in [0.25, 0.3) is 10.0 Å². The third-order valence-electron chi connectivity index (χ3n) is 4.64. The summed E-state index contributed by atoms with van der Waals surface area (Å²) in [6, 6.07) is 12.1. The van der Waals surface area contributed by atoms with Gasteiger partial charge in [-0.2, -0.15) is 5.26 Å². The molecule has 9 heteroatoms. The number of urea groups is 1. The van der Waals surface area contributed by atoms with Gasteiger partial charge in [0.2, 0.25) is 0 Å². The van der Waals surface area contributed by atoms with Crippen LogP contribution in [-0.2, 0) is 10.0 Å². The number of nitrogens with one attached hydrogen (secondary N) is 2. The van der Waals surface area contributed by atoms with Crippen molar-refractivity contribution in [2.45, 2.75) is 30.6 Å². The molecule has 1 aliphatic heterocycles. The molecule has 1 aliphatic rings. The van der Waals surface area contributed by atoms with Crippen LogP contribution in [0.2, 0.25) is 5.02 Å². The molecular weight excluding hydrogens is 412 g/mol. The normalized spacial score (nSPS) is 14.6. The average molecular weight is 433 g/mol. The molecule has 1 heterocycles. The van der Waals surface area contributed by atoms with Gasteiger partial charge in [0.1, 0.15) is 11.0 Å². The second kappa shape index (κ2) is 9.16. The Kier molecular flexibility index (Phi) is 6.62. The molecule has 0 radical (unpaired) electrons. The number of hydrogen-bond donors (Lipinski definition) is 2. The summed E-state index contributed by atoms with van der Waals surface area (Å²) in [5.41, 5.74) is 0.882. The van der Waals surface area contributed by atoms with E-state index in [4.69, 9.17) is 16.9 Å². The molecule has 2 aromatic carbocycles. The monoisotopic (exact) mass is 432 g/mol. The van der Waals surface area contributed by atoms with Gasteiger partial charge in [0, 0.05) is 29.5 Å². The first-order chi connectivity index (χ1) is 13.9. The standard InChI is InChI=1S/C20H21ClN4O3S/c21-16-6-5-15(14-22)19(13-16)29(27,28)24-18-9-7-17(8-10-18)23-20(26)25-11-3-1-2-4-12-25/h5-10,13,24H,1-4,11-12H2,(H,23,26). The number of amides is 2. The van der Waals surface area contributed by atoms with Crippen LogP contribution in [0.25, 0.3) is 0 Å². The van der Waals surface area contributed by atoms with Gasteiger partial charge < -0.3 is 10.2 Å². The van der Waals surface area contributed by atoms with Gasteiger partial charge in [0.05, 0.1) is 5.56 Å². The number of benzene rings is 2. The maximum atomic E-state index is 12.6. The fourth-order valence-corrected chi connectivity index (χ4v) is 4.60. The minimum absolute atomic E-state index is 0.00299. The van der Waals surface area contributed by atoms with Crippen molar-refractivity contribution < 1.29 is 13.2 Å². The summed E-state index contributed by atoms with van der Waals surface area (Å²) in [5, 5.41) is 12.2. The molecule has 3 rings (SSSR count). The molecule has 2 N–H and O–H groups in total. The number of rotatable bonds is 4. The summed E-state index contributed by atoms with van der Waals surface area (Å²) in [6.07, 6.45) is 4.28. The molecule has 0 spiro atoms. The van der Waals surface area contributed by atoms with Crippen LogP contribution in [0.15, 0.2) is 47.4 Å². The van der Waals surface area contributed by atoms with E-state index in [1.165, 1.54) is 18.2 Å². The van der Waals surface area contributed by atoms with Crippen LogP contribution >= 0.6 is 11.6 Å². The fraction of sp³-hybridized carbons (Fsp3) is 0.300. The number of carbonyl (C=O) groups is 1. The van der Waals surface area contributed by atoms with E-state index in [-0.39, 0.29) is 21.5 Å². The molecule has 7 nitrogen and oxygen atoms in total. The van der Waals surface area contributed by atoms with Gasteiger partial charge in [-0.3, -0.25) is 4.72 Å². The second-order valence-corrected chi connectivity index (χ2v) is 8.85. The Labute approximate surface area is 175 Å². The molecule has 2 amide bonds. The number of likely N-dealkylation sites (tertiary alicyclic amines) is 1. The first kappa shape index (κ1) is 21.0. The Morgan fingerprint density at radius 2 is 1.62 bits per heavy atom. The summed E-state index contributed by atoms with van der Waals surface area (Å²) < 4.78 is 27.7. The SMILES string of the molecule is N#Cc1ccc(Cl)cc1S(=O)(=O)Nc1ccc(NC(=O)N2CCCCCC2)cc1. The minimum Gasteiger partial charge on any atom is -0.325 e. The average Bonchev–Trinajstić information content (AvgIpc) is 2.99. The van der Waals surface area contributed by atoms with Gasteiger partial charge >= 0.3 is 6.03 Å². The van der Waals surface area contributed by atoms with E-state index in [2.05, 4.69) is 10.0 Å². The molecule has 29 heavy (non-hydrogen) atoms.